The molecule has 2 unspecified atom stereocenters. The Morgan fingerprint density at radius 1 is 1.56 bits per heavy atom. The first-order valence-corrected chi connectivity index (χ1v) is 6.03. The fourth-order valence-electron chi connectivity index (χ4n) is 2.10. The molecular formula is C12H24N4. The van der Waals surface area contributed by atoms with Gasteiger partial charge < -0.3 is 15.5 Å². The summed E-state index contributed by atoms with van der Waals surface area (Å²) in [6, 6.07) is 2.81. The molecule has 0 amide bonds. The van der Waals surface area contributed by atoms with Gasteiger partial charge in [0.1, 0.15) is 5.54 Å². The number of rotatable bonds is 4. The van der Waals surface area contributed by atoms with E-state index in [1.54, 1.807) is 6.92 Å². The zero-order chi connectivity index (χ0) is 12.2. The molecule has 4 heteroatoms. The van der Waals surface area contributed by atoms with Crippen LogP contribution in [0.3, 0.4) is 0 Å². The van der Waals surface area contributed by atoms with Crippen molar-refractivity contribution in [3.05, 3.63) is 0 Å². The monoisotopic (exact) mass is 224 g/mol. The van der Waals surface area contributed by atoms with Crippen LogP contribution in [0, 0.1) is 11.3 Å². The fourth-order valence-corrected chi connectivity index (χ4v) is 2.10. The summed E-state index contributed by atoms with van der Waals surface area (Å²) in [7, 11) is 4.27. The van der Waals surface area contributed by atoms with Crippen LogP contribution in [0.5, 0.6) is 0 Å². The lowest BCUT2D eigenvalue weighted by atomic mass is 9.99. The minimum absolute atomic E-state index is 0.653. The molecular weight excluding hydrogens is 200 g/mol. The van der Waals surface area contributed by atoms with Crippen LogP contribution >= 0.6 is 0 Å². The third kappa shape index (κ3) is 4.09. The molecule has 0 bridgehead atoms. The van der Waals surface area contributed by atoms with Gasteiger partial charge in [0.05, 0.1) is 6.07 Å². The molecule has 0 aliphatic carbocycles. The van der Waals surface area contributed by atoms with Gasteiger partial charge in [-0.05, 0) is 46.8 Å². The Morgan fingerprint density at radius 3 is 2.81 bits per heavy atom. The largest absolute Gasteiger partial charge is 0.314 e. The van der Waals surface area contributed by atoms with Gasteiger partial charge in [0.25, 0.3) is 0 Å². The van der Waals surface area contributed by atoms with Crippen molar-refractivity contribution in [1.29, 1.82) is 5.26 Å². The second kappa shape index (κ2) is 5.62. The maximum Gasteiger partial charge on any atom is 0.102 e. The SMILES string of the molecule is CN(C)C1CCCN(CCC(C)(N)C#N)C1. The highest BCUT2D eigenvalue weighted by Crippen LogP contribution is 2.15. The summed E-state index contributed by atoms with van der Waals surface area (Å²) < 4.78 is 0. The second-order valence-corrected chi connectivity index (χ2v) is 5.34. The molecule has 2 N–H and O–H groups in total. The third-order valence-corrected chi connectivity index (χ3v) is 3.41. The second-order valence-electron chi connectivity index (χ2n) is 5.34. The summed E-state index contributed by atoms with van der Waals surface area (Å²) in [5, 5.41) is 8.86. The van der Waals surface area contributed by atoms with Gasteiger partial charge in [-0.15, -0.1) is 0 Å². The van der Waals surface area contributed by atoms with Crippen molar-refractivity contribution < 1.29 is 0 Å². The van der Waals surface area contributed by atoms with Crippen LogP contribution in [-0.4, -0.2) is 55.1 Å². The number of nitrogens with zero attached hydrogens (tertiary/aromatic N) is 3. The summed E-state index contributed by atoms with van der Waals surface area (Å²) in [6.07, 6.45) is 3.28. The van der Waals surface area contributed by atoms with Crippen LogP contribution in [0.2, 0.25) is 0 Å². The van der Waals surface area contributed by atoms with E-state index in [-0.39, 0.29) is 0 Å². The molecule has 1 fully saturated rings. The molecule has 0 spiro atoms. The highest BCUT2D eigenvalue weighted by molar-refractivity contribution is 5.01. The minimum atomic E-state index is -0.676. The van der Waals surface area contributed by atoms with E-state index in [0.717, 1.165) is 26.1 Å². The zero-order valence-electron chi connectivity index (χ0n) is 10.7. The van der Waals surface area contributed by atoms with Gasteiger partial charge in [0, 0.05) is 19.1 Å². The van der Waals surface area contributed by atoms with Crippen molar-refractivity contribution in [2.75, 3.05) is 33.7 Å². The first-order valence-electron chi connectivity index (χ1n) is 6.03. The van der Waals surface area contributed by atoms with Crippen LogP contribution in [0.25, 0.3) is 0 Å². The van der Waals surface area contributed by atoms with Crippen molar-refractivity contribution in [2.45, 2.75) is 37.8 Å². The highest BCUT2D eigenvalue weighted by Gasteiger charge is 2.24. The quantitative estimate of drug-likeness (QED) is 0.761. The van der Waals surface area contributed by atoms with Crippen molar-refractivity contribution in [3.63, 3.8) is 0 Å². The summed E-state index contributed by atoms with van der Waals surface area (Å²) in [6.45, 7) is 4.99. The Labute approximate surface area is 99.0 Å². The summed E-state index contributed by atoms with van der Waals surface area (Å²) >= 11 is 0. The Bertz CT molecular complexity index is 254. The lowest BCUT2D eigenvalue weighted by Crippen LogP contribution is -2.47. The van der Waals surface area contributed by atoms with Crippen LogP contribution in [0.1, 0.15) is 26.2 Å². The first-order chi connectivity index (χ1) is 7.44. The normalized spacial score (nSPS) is 26.4. The van der Waals surface area contributed by atoms with E-state index in [0.29, 0.717) is 6.04 Å². The van der Waals surface area contributed by atoms with Crippen LogP contribution < -0.4 is 5.73 Å². The van der Waals surface area contributed by atoms with E-state index >= 15 is 0 Å². The predicted molar refractivity (Wildman–Crippen MR) is 66.0 cm³/mol. The Morgan fingerprint density at radius 2 is 2.25 bits per heavy atom. The van der Waals surface area contributed by atoms with Crippen molar-refractivity contribution >= 4 is 0 Å². The van der Waals surface area contributed by atoms with E-state index < -0.39 is 5.54 Å². The number of nitriles is 1. The van der Waals surface area contributed by atoms with Gasteiger partial charge in [-0.2, -0.15) is 5.26 Å². The number of hydrogen-bond acceptors (Lipinski definition) is 4. The van der Waals surface area contributed by atoms with E-state index in [1.807, 2.05) is 0 Å². The molecule has 92 valence electrons. The molecule has 1 saturated heterocycles. The maximum atomic E-state index is 8.86. The van der Waals surface area contributed by atoms with Crippen molar-refractivity contribution in [3.8, 4) is 6.07 Å². The van der Waals surface area contributed by atoms with Gasteiger partial charge in [0.2, 0.25) is 0 Å². The molecule has 1 aliphatic heterocycles. The summed E-state index contributed by atoms with van der Waals surface area (Å²) in [5.41, 5.74) is 5.15. The number of hydrogen-bond donors (Lipinski definition) is 1. The Hall–Kier alpha value is -0.630. The van der Waals surface area contributed by atoms with Crippen LogP contribution in [0.4, 0.5) is 0 Å². The number of nitrogens with two attached hydrogens (primary N) is 1. The zero-order valence-corrected chi connectivity index (χ0v) is 10.7. The predicted octanol–water partition coefficient (Wildman–Crippen LogP) is 0.643. The lowest BCUT2D eigenvalue weighted by Gasteiger charge is -2.36. The molecule has 16 heavy (non-hydrogen) atoms. The standard InChI is InChI=1S/C12H24N4/c1-12(14,10-13)6-8-16-7-4-5-11(9-16)15(2)3/h11H,4-9,14H2,1-3H3. The van der Waals surface area contributed by atoms with E-state index in [9.17, 15) is 0 Å². The fraction of sp³-hybridized carbons (Fsp3) is 0.917. The van der Waals surface area contributed by atoms with Crippen LogP contribution in [-0.2, 0) is 0 Å². The van der Waals surface area contributed by atoms with Gasteiger partial charge in [-0.3, -0.25) is 0 Å². The molecule has 0 aromatic rings. The van der Waals surface area contributed by atoms with E-state index in [1.165, 1.54) is 12.8 Å². The molecule has 0 saturated carbocycles. The molecule has 4 nitrogen and oxygen atoms in total. The minimum Gasteiger partial charge on any atom is -0.314 e. The third-order valence-electron chi connectivity index (χ3n) is 3.41. The number of likely N-dealkylation sites (tertiary alicyclic amines) is 1. The van der Waals surface area contributed by atoms with Crippen molar-refractivity contribution in [2.24, 2.45) is 5.73 Å². The Balaban J connectivity index is 2.36. The van der Waals surface area contributed by atoms with Gasteiger partial charge in [-0.1, -0.05) is 0 Å². The summed E-state index contributed by atoms with van der Waals surface area (Å²) in [5.74, 6) is 0. The van der Waals surface area contributed by atoms with Crippen LogP contribution in [0.15, 0.2) is 0 Å². The molecule has 2 atom stereocenters. The number of piperidine rings is 1. The average molecular weight is 224 g/mol. The topological polar surface area (TPSA) is 56.3 Å². The molecule has 1 rings (SSSR count). The maximum absolute atomic E-state index is 8.86. The lowest BCUT2D eigenvalue weighted by molar-refractivity contribution is 0.128. The van der Waals surface area contributed by atoms with Crippen molar-refractivity contribution in [1.82, 2.24) is 9.80 Å². The molecule has 1 heterocycles. The first kappa shape index (κ1) is 13.4. The van der Waals surface area contributed by atoms with Gasteiger partial charge in [0.15, 0.2) is 0 Å². The van der Waals surface area contributed by atoms with E-state index in [4.69, 9.17) is 11.0 Å². The Kier molecular flexibility index (Phi) is 4.72. The molecule has 0 radical (unpaired) electrons. The number of likely N-dealkylation sites (N-methyl/N-ethyl adjacent to an activating group) is 1. The molecule has 1 aliphatic rings. The molecule has 0 aromatic heterocycles. The van der Waals surface area contributed by atoms with Gasteiger partial charge >= 0.3 is 0 Å². The summed E-state index contributed by atoms with van der Waals surface area (Å²) in [4.78, 5) is 4.72. The average Bonchev–Trinajstić information content (AvgIpc) is 2.27. The highest BCUT2D eigenvalue weighted by atomic mass is 15.2. The molecule has 0 aromatic carbocycles. The van der Waals surface area contributed by atoms with E-state index in [2.05, 4.69) is 30.0 Å². The smallest absolute Gasteiger partial charge is 0.102 e. The van der Waals surface area contributed by atoms with Gasteiger partial charge in [-0.25, -0.2) is 0 Å².